The van der Waals surface area contributed by atoms with Crippen molar-refractivity contribution in [1.82, 2.24) is 0 Å². The van der Waals surface area contributed by atoms with Crippen molar-refractivity contribution >= 4 is 23.2 Å². The highest BCUT2D eigenvalue weighted by atomic mass is 35.5. The minimum atomic E-state index is -0.372. The lowest BCUT2D eigenvalue weighted by Gasteiger charge is -2.19. The molecule has 0 unspecified atom stereocenters. The molecule has 1 aromatic rings. The Kier molecular flexibility index (Phi) is 3.65. The van der Waals surface area contributed by atoms with E-state index in [1.165, 1.54) is 0 Å². The Hall–Kier alpha value is -0.440. The predicted octanol–water partition coefficient (Wildman–Crippen LogP) is 3.11. The number of nitrogens with two attached hydrogens (primary N) is 1. The van der Waals surface area contributed by atoms with Crippen LogP contribution in [0.1, 0.15) is 13.8 Å². The Labute approximate surface area is 94.0 Å². The molecule has 0 saturated heterocycles. The highest BCUT2D eigenvalue weighted by Gasteiger charge is 2.12. The number of benzene rings is 1. The highest BCUT2D eigenvalue weighted by molar-refractivity contribution is 6.35. The lowest BCUT2D eigenvalue weighted by atomic mass is 10.1. The summed E-state index contributed by atoms with van der Waals surface area (Å²) in [6.45, 7) is 4.18. The Bertz CT molecular complexity index is 320. The summed E-state index contributed by atoms with van der Waals surface area (Å²) in [7, 11) is 0. The molecule has 0 aliphatic rings. The zero-order chi connectivity index (χ0) is 10.8. The molecule has 78 valence electrons. The predicted molar refractivity (Wildman–Crippen MR) is 60.2 cm³/mol. The van der Waals surface area contributed by atoms with E-state index in [0.29, 0.717) is 22.4 Å². The normalized spacial score (nSPS) is 11.5. The second-order valence-electron chi connectivity index (χ2n) is 3.85. The molecule has 4 heteroatoms. The molecule has 0 aromatic heterocycles. The van der Waals surface area contributed by atoms with Crippen molar-refractivity contribution in [3.8, 4) is 5.75 Å². The van der Waals surface area contributed by atoms with E-state index in [2.05, 4.69) is 0 Å². The maximum atomic E-state index is 5.91. The molecular weight excluding hydrogens is 221 g/mol. The number of hydrogen-bond donors (Lipinski definition) is 1. The average Bonchev–Trinajstić information content (AvgIpc) is 2.00. The van der Waals surface area contributed by atoms with Gasteiger partial charge in [0.05, 0.1) is 5.02 Å². The van der Waals surface area contributed by atoms with Gasteiger partial charge in [0, 0.05) is 10.6 Å². The van der Waals surface area contributed by atoms with Crippen molar-refractivity contribution in [3.63, 3.8) is 0 Å². The molecule has 0 amide bonds. The Morgan fingerprint density at radius 1 is 1.36 bits per heavy atom. The van der Waals surface area contributed by atoms with Crippen molar-refractivity contribution in [2.24, 2.45) is 5.73 Å². The molecule has 0 spiro atoms. The Morgan fingerprint density at radius 3 is 2.50 bits per heavy atom. The van der Waals surface area contributed by atoms with Gasteiger partial charge in [-0.2, -0.15) is 0 Å². The average molecular weight is 234 g/mol. The number of halogens is 2. The molecule has 0 heterocycles. The maximum Gasteiger partial charge on any atom is 0.138 e. The van der Waals surface area contributed by atoms with Crippen LogP contribution < -0.4 is 10.5 Å². The van der Waals surface area contributed by atoms with Gasteiger partial charge in [-0.25, -0.2) is 0 Å². The first-order chi connectivity index (χ1) is 6.38. The van der Waals surface area contributed by atoms with Gasteiger partial charge < -0.3 is 10.5 Å². The van der Waals surface area contributed by atoms with Gasteiger partial charge >= 0.3 is 0 Å². The third kappa shape index (κ3) is 3.74. The van der Waals surface area contributed by atoms with Crippen molar-refractivity contribution in [2.45, 2.75) is 19.4 Å². The van der Waals surface area contributed by atoms with Gasteiger partial charge in [-0.05, 0) is 32.0 Å². The van der Waals surface area contributed by atoms with E-state index in [9.17, 15) is 0 Å². The van der Waals surface area contributed by atoms with Crippen LogP contribution in [0.2, 0.25) is 10.0 Å². The van der Waals surface area contributed by atoms with Crippen LogP contribution in [-0.2, 0) is 0 Å². The smallest absolute Gasteiger partial charge is 0.138 e. The summed E-state index contributed by atoms with van der Waals surface area (Å²) in [6.07, 6.45) is 0. The quantitative estimate of drug-likeness (QED) is 0.871. The highest BCUT2D eigenvalue weighted by Crippen LogP contribution is 2.27. The molecule has 0 bridgehead atoms. The van der Waals surface area contributed by atoms with Gasteiger partial charge in [-0.15, -0.1) is 0 Å². The van der Waals surface area contributed by atoms with E-state index in [0.717, 1.165) is 0 Å². The number of ether oxygens (including phenoxy) is 1. The summed E-state index contributed by atoms with van der Waals surface area (Å²) in [6, 6.07) is 5.10. The van der Waals surface area contributed by atoms with Crippen LogP contribution in [0, 0.1) is 0 Å². The van der Waals surface area contributed by atoms with Gasteiger partial charge in [0.2, 0.25) is 0 Å². The van der Waals surface area contributed by atoms with E-state index in [1.807, 2.05) is 13.8 Å². The van der Waals surface area contributed by atoms with Crippen molar-refractivity contribution in [2.75, 3.05) is 6.61 Å². The first-order valence-corrected chi connectivity index (χ1v) is 5.01. The van der Waals surface area contributed by atoms with Gasteiger partial charge in [-0.1, -0.05) is 23.2 Å². The molecule has 2 nitrogen and oxygen atoms in total. The lowest BCUT2D eigenvalue weighted by molar-refractivity contribution is 0.243. The second kappa shape index (κ2) is 4.39. The Balaban J connectivity index is 2.68. The van der Waals surface area contributed by atoms with Crippen LogP contribution in [0.5, 0.6) is 5.75 Å². The van der Waals surface area contributed by atoms with Gasteiger partial charge in [0.15, 0.2) is 0 Å². The van der Waals surface area contributed by atoms with Crippen LogP contribution in [0.15, 0.2) is 18.2 Å². The van der Waals surface area contributed by atoms with Crippen LogP contribution in [0.4, 0.5) is 0 Å². The molecule has 0 aliphatic heterocycles. The summed E-state index contributed by atoms with van der Waals surface area (Å²) in [5.74, 6) is 0.606. The van der Waals surface area contributed by atoms with E-state index in [4.69, 9.17) is 33.7 Å². The van der Waals surface area contributed by atoms with Crippen molar-refractivity contribution in [3.05, 3.63) is 28.2 Å². The molecule has 0 radical (unpaired) electrons. The number of rotatable bonds is 3. The lowest BCUT2D eigenvalue weighted by Crippen LogP contribution is -2.38. The molecule has 0 saturated carbocycles. The van der Waals surface area contributed by atoms with E-state index < -0.39 is 0 Å². The first-order valence-electron chi connectivity index (χ1n) is 4.25. The van der Waals surface area contributed by atoms with Gasteiger partial charge in [0.1, 0.15) is 12.4 Å². The monoisotopic (exact) mass is 233 g/mol. The van der Waals surface area contributed by atoms with Crippen LogP contribution in [-0.4, -0.2) is 12.1 Å². The van der Waals surface area contributed by atoms with Crippen LogP contribution in [0.25, 0.3) is 0 Å². The van der Waals surface area contributed by atoms with Gasteiger partial charge in [0.25, 0.3) is 0 Å². The second-order valence-corrected chi connectivity index (χ2v) is 4.70. The third-order valence-corrected chi connectivity index (χ3v) is 2.02. The summed E-state index contributed by atoms with van der Waals surface area (Å²) in [5, 5.41) is 1.09. The fraction of sp³-hybridized carbons (Fsp3) is 0.400. The van der Waals surface area contributed by atoms with Crippen molar-refractivity contribution < 1.29 is 4.74 Å². The van der Waals surface area contributed by atoms with Gasteiger partial charge in [-0.3, -0.25) is 0 Å². The van der Waals surface area contributed by atoms with E-state index in [1.54, 1.807) is 18.2 Å². The minimum Gasteiger partial charge on any atom is -0.490 e. The zero-order valence-electron chi connectivity index (χ0n) is 8.18. The first kappa shape index (κ1) is 11.6. The summed E-state index contributed by atoms with van der Waals surface area (Å²) >= 11 is 11.7. The summed E-state index contributed by atoms with van der Waals surface area (Å²) < 4.78 is 5.44. The minimum absolute atomic E-state index is 0.372. The molecule has 1 rings (SSSR count). The molecule has 14 heavy (non-hydrogen) atoms. The molecule has 0 fully saturated rings. The summed E-state index contributed by atoms with van der Waals surface area (Å²) in [5.41, 5.74) is 5.40. The zero-order valence-corrected chi connectivity index (χ0v) is 9.69. The molecule has 1 aromatic carbocycles. The summed E-state index contributed by atoms with van der Waals surface area (Å²) in [4.78, 5) is 0. The Morgan fingerprint density at radius 2 is 2.00 bits per heavy atom. The van der Waals surface area contributed by atoms with Crippen LogP contribution in [0.3, 0.4) is 0 Å². The number of hydrogen-bond acceptors (Lipinski definition) is 2. The molecule has 0 atom stereocenters. The molecular formula is C10H13Cl2NO. The fourth-order valence-corrected chi connectivity index (χ4v) is 1.32. The topological polar surface area (TPSA) is 35.2 Å². The SMILES string of the molecule is CC(C)(N)COc1ccc(Cl)cc1Cl. The standard InChI is InChI=1S/C10H13Cl2NO/c1-10(2,13)6-14-9-4-3-7(11)5-8(9)12/h3-5H,6,13H2,1-2H3. The fourth-order valence-electron chi connectivity index (χ4n) is 0.856. The van der Waals surface area contributed by atoms with E-state index in [-0.39, 0.29) is 5.54 Å². The maximum absolute atomic E-state index is 5.91. The molecule has 0 aliphatic carbocycles. The van der Waals surface area contributed by atoms with E-state index >= 15 is 0 Å². The van der Waals surface area contributed by atoms with Crippen molar-refractivity contribution in [1.29, 1.82) is 0 Å². The largest absolute Gasteiger partial charge is 0.490 e. The van der Waals surface area contributed by atoms with Crippen LogP contribution >= 0.6 is 23.2 Å². The third-order valence-electron chi connectivity index (χ3n) is 1.49. The molecule has 2 N–H and O–H groups in total.